The Morgan fingerprint density at radius 3 is 1.32 bits per heavy atom. The average molecular weight is 337 g/mol. The number of carbonyl (C=O) groups is 2. The van der Waals surface area contributed by atoms with Gasteiger partial charge in [0, 0.05) is 4.57 Å². The van der Waals surface area contributed by atoms with Crippen molar-refractivity contribution >= 4 is 20.2 Å². The Kier molecular flexibility index (Phi) is 8.74. The van der Waals surface area contributed by atoms with E-state index in [2.05, 4.69) is 0 Å². The first-order valence-electron chi connectivity index (χ1n) is 7.02. The van der Waals surface area contributed by atoms with E-state index in [1.54, 1.807) is 41.5 Å². The molecule has 0 atom stereocenters. The standard InChI is InChI=1S/C14H26O7P/c1-13(2,3)11(15)18-7-9-20-22(17)21-10-8-19-12(16)14(4,5)6/h7-10H2,1-6H3/q+1. The molecule has 0 amide bonds. The fraction of sp³-hybridized carbons (Fsp3) is 0.857. The van der Waals surface area contributed by atoms with Crippen LogP contribution in [0.25, 0.3) is 0 Å². The molecule has 0 aromatic heterocycles. The molecule has 128 valence electrons. The lowest BCUT2D eigenvalue weighted by Gasteiger charge is -2.15. The Balaban J connectivity index is 3.68. The van der Waals surface area contributed by atoms with Crippen LogP contribution in [0, 0.1) is 10.8 Å². The molecular formula is C14H26O7P+. The highest BCUT2D eigenvalue weighted by Crippen LogP contribution is 2.23. The Bertz CT molecular complexity index is 357. The van der Waals surface area contributed by atoms with E-state index in [1.165, 1.54) is 0 Å². The highest BCUT2D eigenvalue weighted by Gasteiger charge is 2.26. The van der Waals surface area contributed by atoms with Crippen LogP contribution < -0.4 is 0 Å². The van der Waals surface area contributed by atoms with Gasteiger partial charge in [-0.15, -0.1) is 9.05 Å². The minimum absolute atomic E-state index is 0.000450. The number of hydrogen-bond donors (Lipinski definition) is 0. The largest absolute Gasteiger partial charge is 0.697 e. The zero-order valence-corrected chi connectivity index (χ0v) is 15.0. The van der Waals surface area contributed by atoms with Gasteiger partial charge in [-0.1, -0.05) is 0 Å². The lowest BCUT2D eigenvalue weighted by atomic mass is 9.97. The Morgan fingerprint density at radius 2 is 1.05 bits per heavy atom. The highest BCUT2D eigenvalue weighted by molar-refractivity contribution is 7.33. The minimum Gasteiger partial charge on any atom is -0.463 e. The molecule has 0 heterocycles. The molecule has 0 saturated heterocycles. The third kappa shape index (κ3) is 9.82. The van der Waals surface area contributed by atoms with E-state index < -0.39 is 19.1 Å². The average Bonchev–Trinajstić information content (AvgIpc) is 2.36. The van der Waals surface area contributed by atoms with Gasteiger partial charge in [-0.2, -0.15) is 0 Å². The molecule has 0 unspecified atom stereocenters. The summed E-state index contributed by atoms with van der Waals surface area (Å²) >= 11 is 0. The maximum atomic E-state index is 11.4. The third-order valence-electron chi connectivity index (χ3n) is 2.25. The zero-order valence-electron chi connectivity index (χ0n) is 14.1. The fourth-order valence-corrected chi connectivity index (χ4v) is 1.48. The smallest absolute Gasteiger partial charge is 0.463 e. The SMILES string of the molecule is CC(C)(C)C(=O)OCCO[P+](=O)OCCOC(=O)C(C)(C)C. The number of ether oxygens (including phenoxy) is 2. The van der Waals surface area contributed by atoms with Gasteiger partial charge in [0.15, 0.2) is 0 Å². The van der Waals surface area contributed by atoms with Gasteiger partial charge in [0.2, 0.25) is 0 Å². The summed E-state index contributed by atoms with van der Waals surface area (Å²) in [5.41, 5.74) is -1.18. The van der Waals surface area contributed by atoms with Crippen LogP contribution in [0.15, 0.2) is 0 Å². The molecule has 0 radical (unpaired) electrons. The molecule has 0 aromatic carbocycles. The van der Waals surface area contributed by atoms with E-state index in [0.29, 0.717) is 0 Å². The lowest BCUT2D eigenvalue weighted by molar-refractivity contribution is -0.154. The fourth-order valence-electron chi connectivity index (χ4n) is 0.963. The second-order valence-electron chi connectivity index (χ2n) is 6.66. The topological polar surface area (TPSA) is 88.1 Å². The molecule has 0 aliphatic rings. The van der Waals surface area contributed by atoms with Crippen molar-refractivity contribution in [2.24, 2.45) is 10.8 Å². The van der Waals surface area contributed by atoms with Crippen LogP contribution in [-0.2, 0) is 32.7 Å². The Morgan fingerprint density at radius 1 is 0.727 bits per heavy atom. The second kappa shape index (κ2) is 9.18. The van der Waals surface area contributed by atoms with Crippen molar-refractivity contribution in [1.29, 1.82) is 0 Å². The molecule has 0 saturated carbocycles. The molecule has 8 heteroatoms. The predicted molar refractivity (Wildman–Crippen MR) is 80.3 cm³/mol. The van der Waals surface area contributed by atoms with Crippen molar-refractivity contribution in [2.45, 2.75) is 41.5 Å². The molecule has 0 N–H and O–H groups in total. The van der Waals surface area contributed by atoms with Crippen molar-refractivity contribution in [3.05, 3.63) is 0 Å². The van der Waals surface area contributed by atoms with E-state index in [0.717, 1.165) is 0 Å². The molecule has 0 bridgehead atoms. The second-order valence-corrected chi connectivity index (χ2v) is 7.63. The summed E-state index contributed by atoms with van der Waals surface area (Å²) in [5.74, 6) is -0.720. The predicted octanol–water partition coefficient (Wildman–Crippen LogP) is 2.86. The van der Waals surface area contributed by atoms with Gasteiger partial charge in [0.1, 0.15) is 26.4 Å². The van der Waals surface area contributed by atoms with Crippen LogP contribution in [0.3, 0.4) is 0 Å². The molecule has 0 aliphatic heterocycles. The first-order chi connectivity index (χ1) is 9.94. The van der Waals surface area contributed by atoms with Crippen LogP contribution >= 0.6 is 8.25 Å². The van der Waals surface area contributed by atoms with Crippen LogP contribution in [0.5, 0.6) is 0 Å². The summed E-state index contributed by atoms with van der Waals surface area (Å²) in [6.07, 6.45) is 0. The van der Waals surface area contributed by atoms with Gasteiger partial charge >= 0.3 is 20.2 Å². The van der Waals surface area contributed by atoms with Crippen molar-refractivity contribution in [2.75, 3.05) is 26.4 Å². The van der Waals surface area contributed by atoms with Crippen LogP contribution in [0.1, 0.15) is 41.5 Å². The van der Waals surface area contributed by atoms with Crippen LogP contribution in [-0.4, -0.2) is 38.4 Å². The zero-order chi connectivity index (χ0) is 17.4. The van der Waals surface area contributed by atoms with Crippen molar-refractivity contribution < 1.29 is 32.7 Å². The Hall–Kier alpha value is -1.04. The summed E-state index contributed by atoms with van der Waals surface area (Å²) in [6.45, 7) is 10.3. The highest BCUT2D eigenvalue weighted by atomic mass is 31.1. The maximum Gasteiger partial charge on any atom is 0.697 e. The normalized spacial score (nSPS) is 11.9. The van der Waals surface area contributed by atoms with Crippen LogP contribution in [0.4, 0.5) is 0 Å². The summed E-state index contributed by atoms with van der Waals surface area (Å²) in [4.78, 5) is 22.9. The molecule has 0 rings (SSSR count). The summed E-state index contributed by atoms with van der Waals surface area (Å²) < 4.78 is 30.9. The van der Waals surface area contributed by atoms with Crippen LogP contribution in [0.2, 0.25) is 0 Å². The van der Waals surface area contributed by atoms with Gasteiger partial charge in [-0.25, -0.2) is 0 Å². The molecule has 0 spiro atoms. The molecule has 22 heavy (non-hydrogen) atoms. The number of esters is 2. The van der Waals surface area contributed by atoms with Crippen molar-refractivity contribution in [1.82, 2.24) is 0 Å². The quantitative estimate of drug-likeness (QED) is 0.382. The third-order valence-corrected chi connectivity index (χ3v) is 3.04. The van der Waals surface area contributed by atoms with E-state index >= 15 is 0 Å². The summed E-state index contributed by atoms with van der Waals surface area (Å²) in [6, 6.07) is 0. The van der Waals surface area contributed by atoms with Gasteiger partial charge in [0.05, 0.1) is 10.8 Å². The summed E-state index contributed by atoms with van der Waals surface area (Å²) in [5, 5.41) is 0. The number of rotatable bonds is 8. The Labute approximate surface area is 132 Å². The maximum absolute atomic E-state index is 11.4. The molecule has 0 aliphatic carbocycles. The monoisotopic (exact) mass is 337 g/mol. The van der Waals surface area contributed by atoms with Gasteiger partial charge < -0.3 is 9.47 Å². The lowest BCUT2D eigenvalue weighted by Crippen LogP contribution is -2.24. The molecule has 7 nitrogen and oxygen atoms in total. The molecule has 0 fully saturated rings. The first-order valence-corrected chi connectivity index (χ1v) is 8.11. The first kappa shape index (κ1) is 21.0. The van der Waals surface area contributed by atoms with Gasteiger partial charge in [-0.05, 0) is 41.5 Å². The molecular weight excluding hydrogens is 311 g/mol. The number of hydrogen-bond acceptors (Lipinski definition) is 7. The van der Waals surface area contributed by atoms with Crippen molar-refractivity contribution in [3.8, 4) is 0 Å². The van der Waals surface area contributed by atoms with Gasteiger partial charge in [0.25, 0.3) is 0 Å². The van der Waals surface area contributed by atoms with E-state index in [1.807, 2.05) is 0 Å². The molecule has 0 aromatic rings. The minimum atomic E-state index is -2.33. The van der Waals surface area contributed by atoms with E-state index in [9.17, 15) is 14.2 Å². The van der Waals surface area contributed by atoms with E-state index in [-0.39, 0.29) is 38.4 Å². The number of carbonyl (C=O) groups excluding carboxylic acids is 2. The van der Waals surface area contributed by atoms with E-state index in [4.69, 9.17) is 18.5 Å². The summed E-state index contributed by atoms with van der Waals surface area (Å²) in [7, 11) is -2.33. The van der Waals surface area contributed by atoms with Gasteiger partial charge in [-0.3, -0.25) is 9.59 Å². The van der Waals surface area contributed by atoms with Crippen molar-refractivity contribution in [3.63, 3.8) is 0 Å².